The SMILES string of the molecule is C=C=C1c2ccccc2-c2ccc(-c3cccc(C4=CC5C(C=C4)c4ccccc4-c4nc6ccccc6n45)c3)cc2N1c1ccccc1C. The summed E-state index contributed by atoms with van der Waals surface area (Å²) >= 11 is 0. The molecule has 7 aromatic rings. The highest BCUT2D eigenvalue weighted by molar-refractivity contribution is 6.04. The van der Waals surface area contributed by atoms with E-state index < -0.39 is 0 Å². The molecular formula is C47H33N3. The zero-order valence-electron chi connectivity index (χ0n) is 27.7. The van der Waals surface area contributed by atoms with Crippen LogP contribution in [0.15, 0.2) is 170 Å². The molecule has 1 aromatic heterocycles. The van der Waals surface area contributed by atoms with E-state index in [9.17, 15) is 0 Å². The van der Waals surface area contributed by atoms with E-state index in [1.54, 1.807) is 0 Å². The fraction of sp³-hybridized carbons (Fsp3) is 0.0638. The van der Waals surface area contributed by atoms with E-state index in [-0.39, 0.29) is 12.0 Å². The van der Waals surface area contributed by atoms with E-state index in [4.69, 9.17) is 4.98 Å². The largest absolute Gasteiger partial charge is 0.316 e. The Labute approximate surface area is 292 Å². The summed E-state index contributed by atoms with van der Waals surface area (Å²) in [4.78, 5) is 7.45. The van der Waals surface area contributed by atoms with Crippen LogP contribution in [-0.2, 0) is 0 Å². The first-order valence-corrected chi connectivity index (χ1v) is 17.2. The topological polar surface area (TPSA) is 21.1 Å². The highest BCUT2D eigenvalue weighted by Gasteiger charge is 2.35. The second-order valence-corrected chi connectivity index (χ2v) is 13.4. The van der Waals surface area contributed by atoms with Crippen molar-refractivity contribution in [3.05, 3.63) is 192 Å². The Morgan fingerprint density at radius 3 is 2.26 bits per heavy atom. The van der Waals surface area contributed by atoms with Gasteiger partial charge >= 0.3 is 0 Å². The van der Waals surface area contributed by atoms with Gasteiger partial charge in [0.1, 0.15) is 5.82 Å². The van der Waals surface area contributed by atoms with Crippen molar-refractivity contribution < 1.29 is 0 Å². The zero-order chi connectivity index (χ0) is 33.3. The number of imidazole rings is 1. The summed E-state index contributed by atoms with van der Waals surface area (Å²) in [5.41, 5.74) is 20.8. The quantitative estimate of drug-likeness (QED) is 0.179. The van der Waals surface area contributed by atoms with Crippen LogP contribution in [0.4, 0.5) is 11.4 Å². The molecule has 2 unspecified atom stereocenters. The minimum atomic E-state index is 0.131. The number of hydrogen-bond acceptors (Lipinski definition) is 2. The van der Waals surface area contributed by atoms with Crippen LogP contribution in [0.1, 0.15) is 34.2 Å². The highest BCUT2D eigenvalue weighted by Crippen LogP contribution is 2.51. The third kappa shape index (κ3) is 4.21. The van der Waals surface area contributed by atoms with Crippen molar-refractivity contribution in [3.63, 3.8) is 0 Å². The molecule has 0 amide bonds. The van der Waals surface area contributed by atoms with Gasteiger partial charge in [0.2, 0.25) is 0 Å². The van der Waals surface area contributed by atoms with Gasteiger partial charge in [0.15, 0.2) is 0 Å². The molecule has 2 aliphatic heterocycles. The maximum absolute atomic E-state index is 5.13. The second kappa shape index (κ2) is 11.1. The van der Waals surface area contributed by atoms with Crippen LogP contribution in [0.2, 0.25) is 0 Å². The number of fused-ring (bicyclic) bond motifs is 11. The third-order valence-corrected chi connectivity index (χ3v) is 10.6. The molecule has 0 fully saturated rings. The lowest BCUT2D eigenvalue weighted by Gasteiger charge is -2.35. The summed E-state index contributed by atoms with van der Waals surface area (Å²) in [5.74, 6) is 1.29. The number of rotatable bonds is 3. The average molecular weight is 640 g/mol. The molecule has 3 nitrogen and oxygen atoms in total. The van der Waals surface area contributed by atoms with E-state index >= 15 is 0 Å². The molecule has 3 aliphatic rings. The van der Waals surface area contributed by atoms with Crippen molar-refractivity contribution >= 4 is 33.7 Å². The lowest BCUT2D eigenvalue weighted by molar-refractivity contribution is 0.550. The molecule has 0 saturated heterocycles. The first-order valence-electron chi connectivity index (χ1n) is 17.2. The minimum Gasteiger partial charge on any atom is -0.316 e. The zero-order valence-corrected chi connectivity index (χ0v) is 27.7. The first kappa shape index (κ1) is 28.6. The van der Waals surface area contributed by atoms with Crippen LogP contribution < -0.4 is 4.90 Å². The molecular weight excluding hydrogens is 607 g/mol. The number of hydrogen-bond donors (Lipinski definition) is 0. The molecule has 3 heterocycles. The predicted octanol–water partition coefficient (Wildman–Crippen LogP) is 11.9. The molecule has 6 aromatic carbocycles. The number of benzene rings is 6. The molecule has 0 bridgehead atoms. The smallest absolute Gasteiger partial charge is 0.142 e. The monoisotopic (exact) mass is 639 g/mol. The Bertz CT molecular complexity index is 2640. The molecule has 1 aliphatic carbocycles. The lowest BCUT2D eigenvalue weighted by atomic mass is 9.79. The van der Waals surface area contributed by atoms with Crippen molar-refractivity contribution in [2.45, 2.75) is 18.9 Å². The second-order valence-electron chi connectivity index (χ2n) is 13.4. The van der Waals surface area contributed by atoms with Gasteiger partial charge < -0.3 is 9.47 Å². The molecule has 0 spiro atoms. The van der Waals surface area contributed by atoms with Crippen molar-refractivity contribution in [1.29, 1.82) is 0 Å². The normalized spacial score (nSPS) is 16.9. The number of aryl methyl sites for hydroxylation is 1. The fourth-order valence-corrected chi connectivity index (χ4v) is 8.31. The number of anilines is 2. The van der Waals surface area contributed by atoms with Crippen LogP contribution in [0.25, 0.3) is 55.9 Å². The van der Waals surface area contributed by atoms with E-state index in [2.05, 4.69) is 186 Å². The molecule has 3 heteroatoms. The number of allylic oxidation sites excluding steroid dienone is 4. The van der Waals surface area contributed by atoms with E-state index in [1.807, 2.05) is 0 Å². The fourth-order valence-electron chi connectivity index (χ4n) is 8.31. The molecule has 10 rings (SSSR count). The van der Waals surface area contributed by atoms with Crippen molar-refractivity contribution in [1.82, 2.24) is 9.55 Å². The molecule has 236 valence electrons. The van der Waals surface area contributed by atoms with Gasteiger partial charge in [-0.25, -0.2) is 4.98 Å². The summed E-state index contributed by atoms with van der Waals surface area (Å²) in [5, 5.41) is 0. The van der Waals surface area contributed by atoms with Crippen molar-refractivity contribution in [2.75, 3.05) is 4.90 Å². The van der Waals surface area contributed by atoms with Crippen LogP contribution in [-0.4, -0.2) is 9.55 Å². The van der Waals surface area contributed by atoms with Crippen LogP contribution >= 0.6 is 0 Å². The Kier molecular flexibility index (Phi) is 6.33. The molecule has 0 N–H and O–H groups in total. The number of aromatic nitrogens is 2. The van der Waals surface area contributed by atoms with Gasteiger partial charge in [-0.05, 0) is 76.2 Å². The van der Waals surface area contributed by atoms with Gasteiger partial charge in [0.25, 0.3) is 0 Å². The van der Waals surface area contributed by atoms with Crippen molar-refractivity contribution in [2.24, 2.45) is 0 Å². The van der Waals surface area contributed by atoms with Gasteiger partial charge in [-0.15, -0.1) is 5.73 Å². The van der Waals surface area contributed by atoms with Crippen LogP contribution in [0.5, 0.6) is 0 Å². The lowest BCUT2D eigenvalue weighted by Crippen LogP contribution is -2.23. The third-order valence-electron chi connectivity index (χ3n) is 10.6. The van der Waals surface area contributed by atoms with Crippen LogP contribution in [0, 0.1) is 6.92 Å². The predicted molar refractivity (Wildman–Crippen MR) is 207 cm³/mol. The average Bonchev–Trinajstić information content (AvgIpc) is 3.58. The molecule has 50 heavy (non-hydrogen) atoms. The van der Waals surface area contributed by atoms with E-state index in [1.165, 1.54) is 55.6 Å². The summed E-state index contributed by atoms with van der Waals surface area (Å²) in [6.07, 6.45) is 7.15. The van der Waals surface area contributed by atoms with Gasteiger partial charge in [0, 0.05) is 28.3 Å². The Morgan fingerprint density at radius 2 is 1.38 bits per heavy atom. The summed E-state index contributed by atoms with van der Waals surface area (Å²) in [6, 6.07) is 50.4. The molecule has 0 radical (unpaired) electrons. The van der Waals surface area contributed by atoms with E-state index in [0.29, 0.717) is 0 Å². The number of nitrogens with zero attached hydrogens (tertiary/aromatic N) is 3. The maximum atomic E-state index is 5.13. The summed E-state index contributed by atoms with van der Waals surface area (Å²) < 4.78 is 2.45. The molecule has 2 atom stereocenters. The Hall–Kier alpha value is -6.41. The maximum Gasteiger partial charge on any atom is 0.142 e. The van der Waals surface area contributed by atoms with Crippen molar-refractivity contribution in [3.8, 4) is 33.6 Å². The number of para-hydroxylation sites is 3. The van der Waals surface area contributed by atoms with Gasteiger partial charge in [0.05, 0.1) is 28.5 Å². The van der Waals surface area contributed by atoms with Gasteiger partial charge in [-0.2, -0.15) is 0 Å². The Balaban J connectivity index is 1.09. The highest BCUT2D eigenvalue weighted by atomic mass is 15.2. The van der Waals surface area contributed by atoms with Gasteiger partial charge in [-0.1, -0.05) is 134 Å². The van der Waals surface area contributed by atoms with Crippen LogP contribution in [0.3, 0.4) is 0 Å². The van der Waals surface area contributed by atoms with E-state index in [0.717, 1.165) is 34.0 Å². The summed E-state index contributed by atoms with van der Waals surface area (Å²) in [7, 11) is 0. The summed E-state index contributed by atoms with van der Waals surface area (Å²) in [6.45, 7) is 6.32. The minimum absolute atomic E-state index is 0.131. The van der Waals surface area contributed by atoms with Gasteiger partial charge in [-0.3, -0.25) is 0 Å². The standard InChI is InChI=1S/C47H33N3/c1-3-42-37-18-7-5-16-35(37)38-25-23-33(28-45(38)49(42)43-21-10-4-13-30(43)2)31-14-12-15-32(27-31)34-24-26-39-36-17-6-8-19-40(36)47-48-41-20-9-11-22-44(41)50(47)46(39)29-34/h4-29,39,46H,1H2,2H3. The molecule has 0 saturated carbocycles. The Morgan fingerprint density at radius 1 is 0.640 bits per heavy atom. The first-order chi connectivity index (χ1) is 24.7.